The van der Waals surface area contributed by atoms with E-state index in [1.165, 1.54) is 27.9 Å². The number of aryl methyl sites for hydroxylation is 2. The van der Waals surface area contributed by atoms with Gasteiger partial charge < -0.3 is 4.90 Å². The van der Waals surface area contributed by atoms with E-state index in [0.717, 1.165) is 23.2 Å². The third-order valence-corrected chi connectivity index (χ3v) is 8.31. The van der Waals surface area contributed by atoms with Crippen LogP contribution in [0.2, 0.25) is 0 Å². The lowest BCUT2D eigenvalue weighted by Crippen LogP contribution is -2.34. The fourth-order valence-corrected chi connectivity index (χ4v) is 6.19. The topological polar surface area (TPSA) is 72.5 Å². The highest BCUT2D eigenvalue weighted by Crippen LogP contribution is 2.24. The molecular weight excluding hydrogens is 561 g/mol. The second kappa shape index (κ2) is 12.1. The first-order valence-corrected chi connectivity index (χ1v) is 14.9. The lowest BCUT2D eigenvalue weighted by atomic mass is 10.1. The van der Waals surface area contributed by atoms with Crippen molar-refractivity contribution >= 4 is 22.2 Å². The van der Waals surface area contributed by atoms with E-state index in [4.69, 9.17) is 4.98 Å². The molecule has 0 aliphatic heterocycles. The molecule has 1 amide bonds. The lowest BCUT2D eigenvalue weighted by Gasteiger charge is -2.23. The number of amides is 1. The monoisotopic (exact) mass is 591 g/mol. The molecule has 216 valence electrons. The third-order valence-electron chi connectivity index (χ3n) is 7.43. The van der Waals surface area contributed by atoms with E-state index in [1.54, 1.807) is 29.8 Å². The molecule has 0 radical (unpaired) electrons. The maximum atomic E-state index is 14.0. The zero-order chi connectivity index (χ0) is 29.9. The van der Waals surface area contributed by atoms with Crippen LogP contribution < -0.4 is 5.56 Å². The molecule has 0 saturated heterocycles. The van der Waals surface area contributed by atoms with E-state index in [2.05, 4.69) is 17.2 Å². The van der Waals surface area contributed by atoms with Crippen molar-refractivity contribution in [2.24, 2.45) is 0 Å². The molecule has 0 fully saturated rings. The molecule has 7 nitrogen and oxygen atoms in total. The molecule has 6 rings (SSSR count). The van der Waals surface area contributed by atoms with Gasteiger partial charge in [0.15, 0.2) is 4.96 Å². The van der Waals surface area contributed by atoms with E-state index in [-0.39, 0.29) is 23.7 Å². The number of rotatable bonds is 9. The van der Waals surface area contributed by atoms with Crippen molar-refractivity contribution in [2.45, 2.75) is 33.2 Å². The molecule has 0 bridgehead atoms. The van der Waals surface area contributed by atoms with Gasteiger partial charge in [-0.05, 0) is 55.7 Å². The first-order chi connectivity index (χ1) is 20.9. The molecule has 43 heavy (non-hydrogen) atoms. The molecular formula is C34H30FN5O2S. The van der Waals surface area contributed by atoms with Crippen LogP contribution in [0.25, 0.3) is 21.9 Å². The van der Waals surface area contributed by atoms with Crippen LogP contribution in [0.4, 0.5) is 4.39 Å². The average Bonchev–Trinajstić information content (AvgIpc) is 3.59. The highest BCUT2D eigenvalue weighted by Gasteiger charge is 2.22. The Morgan fingerprint density at radius 3 is 2.37 bits per heavy atom. The van der Waals surface area contributed by atoms with E-state index < -0.39 is 0 Å². The SMILES string of the molecule is Cc1nc2scc(CC(=O)N(CCc3ccccc3)Cc3ccccc3)n2c(=O)c1-c1cc(C)n(-c2cccc(F)c2)n1. The van der Waals surface area contributed by atoms with E-state index in [9.17, 15) is 14.0 Å². The number of hydrogen-bond donors (Lipinski definition) is 0. The summed E-state index contributed by atoms with van der Waals surface area (Å²) in [5, 5.41) is 6.48. The predicted molar refractivity (Wildman–Crippen MR) is 167 cm³/mol. The van der Waals surface area contributed by atoms with Crippen LogP contribution in [0.3, 0.4) is 0 Å². The summed E-state index contributed by atoms with van der Waals surface area (Å²) >= 11 is 1.33. The summed E-state index contributed by atoms with van der Waals surface area (Å²) in [6.07, 6.45) is 0.782. The van der Waals surface area contributed by atoms with Gasteiger partial charge in [-0.15, -0.1) is 11.3 Å². The number of carbonyl (C=O) groups excluding carboxylic acids is 1. The number of hydrogen-bond acceptors (Lipinski definition) is 5. The number of benzene rings is 3. The summed E-state index contributed by atoms with van der Waals surface area (Å²) in [5.74, 6) is -0.439. The highest BCUT2D eigenvalue weighted by atomic mass is 32.1. The molecule has 0 aliphatic carbocycles. The van der Waals surface area contributed by atoms with Crippen LogP contribution in [0.5, 0.6) is 0 Å². The van der Waals surface area contributed by atoms with Crippen LogP contribution in [-0.4, -0.2) is 36.5 Å². The summed E-state index contributed by atoms with van der Waals surface area (Å²) in [6, 6.07) is 28.0. The second-order valence-corrected chi connectivity index (χ2v) is 11.3. The lowest BCUT2D eigenvalue weighted by molar-refractivity contribution is -0.131. The molecule has 6 aromatic rings. The van der Waals surface area contributed by atoms with Crippen molar-refractivity contribution in [2.75, 3.05) is 6.54 Å². The van der Waals surface area contributed by atoms with Crippen LogP contribution in [-0.2, 0) is 24.2 Å². The molecule has 3 heterocycles. The van der Waals surface area contributed by atoms with Crippen molar-refractivity contribution in [3.05, 3.63) is 141 Å². The Bertz CT molecular complexity index is 1960. The Hall–Kier alpha value is -4.89. The van der Waals surface area contributed by atoms with Gasteiger partial charge in [0.1, 0.15) is 11.5 Å². The second-order valence-electron chi connectivity index (χ2n) is 10.5. The van der Waals surface area contributed by atoms with Gasteiger partial charge in [-0.1, -0.05) is 66.7 Å². The highest BCUT2D eigenvalue weighted by molar-refractivity contribution is 7.15. The standard InChI is InChI=1S/C34H30FN5O2S/c1-23-18-30(37-40(23)28-15-9-14-27(35)19-28)32-24(2)36-34-39(33(32)42)29(22-43-34)20-31(41)38(21-26-12-7-4-8-13-26)17-16-25-10-5-3-6-11-25/h3-15,18-19,22H,16-17,20-21H2,1-2H3. The van der Waals surface area contributed by atoms with Gasteiger partial charge in [0, 0.05) is 29.9 Å². The fourth-order valence-electron chi connectivity index (χ4n) is 5.26. The Morgan fingerprint density at radius 1 is 0.930 bits per heavy atom. The first kappa shape index (κ1) is 28.2. The van der Waals surface area contributed by atoms with E-state index in [1.807, 2.05) is 65.7 Å². The third kappa shape index (κ3) is 6.03. The van der Waals surface area contributed by atoms with Gasteiger partial charge in [0.05, 0.1) is 23.4 Å². The van der Waals surface area contributed by atoms with Crippen molar-refractivity contribution in [3.8, 4) is 16.9 Å². The molecule has 9 heteroatoms. The molecule has 0 spiro atoms. The Kier molecular flexibility index (Phi) is 7.98. The van der Waals surface area contributed by atoms with Crippen LogP contribution in [0.1, 0.15) is 28.2 Å². The molecule has 3 aromatic carbocycles. The molecule has 0 atom stereocenters. The van der Waals surface area contributed by atoms with Gasteiger partial charge in [-0.3, -0.25) is 14.0 Å². The average molecular weight is 592 g/mol. The minimum Gasteiger partial charge on any atom is -0.338 e. The van der Waals surface area contributed by atoms with Gasteiger partial charge >= 0.3 is 0 Å². The summed E-state index contributed by atoms with van der Waals surface area (Å²) < 4.78 is 17.0. The zero-order valence-electron chi connectivity index (χ0n) is 23.9. The van der Waals surface area contributed by atoms with E-state index in [0.29, 0.717) is 46.4 Å². The minimum atomic E-state index is -0.369. The van der Waals surface area contributed by atoms with Crippen molar-refractivity contribution in [1.29, 1.82) is 0 Å². The maximum Gasteiger partial charge on any atom is 0.268 e. The Labute approximate surface area is 252 Å². The molecule has 0 saturated carbocycles. The number of nitrogens with zero attached hydrogens (tertiary/aromatic N) is 5. The number of aromatic nitrogens is 4. The van der Waals surface area contributed by atoms with Crippen LogP contribution >= 0.6 is 11.3 Å². The van der Waals surface area contributed by atoms with Gasteiger partial charge in [0.25, 0.3) is 5.56 Å². The maximum absolute atomic E-state index is 14.0. The van der Waals surface area contributed by atoms with E-state index >= 15 is 0 Å². The molecule has 0 unspecified atom stereocenters. The molecule has 0 N–H and O–H groups in total. The fraction of sp³-hybridized carbons (Fsp3) is 0.176. The summed E-state index contributed by atoms with van der Waals surface area (Å²) in [6.45, 7) is 4.66. The van der Waals surface area contributed by atoms with Crippen molar-refractivity contribution in [1.82, 2.24) is 24.1 Å². The van der Waals surface area contributed by atoms with Crippen LogP contribution in [0, 0.1) is 19.7 Å². The van der Waals surface area contributed by atoms with Crippen molar-refractivity contribution < 1.29 is 9.18 Å². The van der Waals surface area contributed by atoms with Crippen molar-refractivity contribution in [3.63, 3.8) is 0 Å². The van der Waals surface area contributed by atoms with Gasteiger partial charge in [-0.2, -0.15) is 5.10 Å². The largest absolute Gasteiger partial charge is 0.338 e. The quantitative estimate of drug-likeness (QED) is 0.201. The molecule has 0 aliphatic rings. The number of thiazole rings is 1. The summed E-state index contributed by atoms with van der Waals surface area (Å²) in [7, 11) is 0. The number of carbonyl (C=O) groups is 1. The predicted octanol–water partition coefficient (Wildman–Crippen LogP) is 6.18. The molecule has 3 aromatic heterocycles. The summed E-state index contributed by atoms with van der Waals surface area (Å²) in [4.78, 5) is 34.9. The Balaban J connectivity index is 1.32. The number of fused-ring (bicyclic) bond motifs is 1. The summed E-state index contributed by atoms with van der Waals surface area (Å²) in [5.41, 5.74) is 5.16. The van der Waals surface area contributed by atoms with Gasteiger partial charge in [-0.25, -0.2) is 14.1 Å². The Morgan fingerprint density at radius 2 is 1.65 bits per heavy atom. The number of halogens is 1. The normalized spacial score (nSPS) is 11.2. The zero-order valence-corrected chi connectivity index (χ0v) is 24.7. The van der Waals surface area contributed by atoms with Crippen LogP contribution in [0.15, 0.2) is 101 Å². The van der Waals surface area contributed by atoms with Gasteiger partial charge in [0.2, 0.25) is 5.91 Å². The smallest absolute Gasteiger partial charge is 0.268 e. The first-order valence-electron chi connectivity index (χ1n) is 14.1. The minimum absolute atomic E-state index is 0.0580.